The fraction of sp³-hybridized carbons (Fsp3) is 0.421. The molecule has 3 aromatic heterocycles. The summed E-state index contributed by atoms with van der Waals surface area (Å²) in [5.74, 6) is -3.52. The van der Waals surface area contributed by atoms with Gasteiger partial charge < -0.3 is 19.3 Å². The van der Waals surface area contributed by atoms with Gasteiger partial charge in [-0.2, -0.15) is 26.3 Å². The molecule has 12 nitrogen and oxygen atoms in total. The van der Waals surface area contributed by atoms with Gasteiger partial charge in [0.05, 0.1) is 13.1 Å². The lowest BCUT2D eigenvalue weighted by molar-refractivity contribution is -0.193. The Morgan fingerprint density at radius 2 is 1.41 bits per heavy atom. The van der Waals surface area contributed by atoms with Gasteiger partial charge in [0.15, 0.2) is 5.82 Å². The Morgan fingerprint density at radius 3 is 1.92 bits per heavy atom. The molecule has 37 heavy (non-hydrogen) atoms. The zero-order valence-electron chi connectivity index (χ0n) is 18.8. The summed E-state index contributed by atoms with van der Waals surface area (Å²) in [6.07, 6.45) is -1.99. The van der Waals surface area contributed by atoms with E-state index in [0.717, 1.165) is 44.2 Å². The fourth-order valence-corrected chi connectivity index (χ4v) is 2.94. The quantitative estimate of drug-likeness (QED) is 0.472. The van der Waals surface area contributed by atoms with E-state index in [9.17, 15) is 26.3 Å². The molecule has 0 saturated carbocycles. The lowest BCUT2D eigenvalue weighted by Gasteiger charge is -2.18. The zero-order chi connectivity index (χ0) is 27.6. The minimum atomic E-state index is -5.08. The van der Waals surface area contributed by atoms with Crippen molar-refractivity contribution in [3.05, 3.63) is 54.4 Å². The Balaban J connectivity index is 0.000000286. The van der Waals surface area contributed by atoms with E-state index in [-0.39, 0.29) is 0 Å². The molecule has 2 N–H and O–H groups in total. The molecule has 0 bridgehead atoms. The van der Waals surface area contributed by atoms with E-state index in [1.54, 1.807) is 12.7 Å². The van der Waals surface area contributed by atoms with Crippen molar-refractivity contribution < 1.29 is 46.1 Å². The van der Waals surface area contributed by atoms with Gasteiger partial charge in [-0.25, -0.2) is 9.59 Å². The second kappa shape index (κ2) is 12.7. The maximum atomic E-state index is 10.6. The second-order valence-electron chi connectivity index (χ2n) is 7.34. The van der Waals surface area contributed by atoms with Crippen LogP contribution in [0.3, 0.4) is 0 Å². The number of rotatable bonds is 4. The highest BCUT2D eigenvalue weighted by Gasteiger charge is 2.38. The van der Waals surface area contributed by atoms with E-state index < -0.39 is 24.3 Å². The van der Waals surface area contributed by atoms with Crippen molar-refractivity contribution in [2.24, 2.45) is 0 Å². The number of hydrogen-bond acceptors (Lipinski definition) is 8. The first-order valence-corrected chi connectivity index (χ1v) is 10.2. The standard InChI is InChI=1S/C15H18N8.2C2HF3O2/c1-6-21(8-13-2-4-16-5-3-13)9-14-19-20-15(23(14)7-1)10-22-11-17-18-12-22;2*3-2(4,5)1(6)7/h2-5,11-12H,1,6-10H2;2*(H,6,7). The van der Waals surface area contributed by atoms with Gasteiger partial charge in [-0.3, -0.25) is 9.88 Å². The van der Waals surface area contributed by atoms with Crippen LogP contribution in [-0.2, 0) is 35.8 Å². The first-order valence-electron chi connectivity index (χ1n) is 10.2. The van der Waals surface area contributed by atoms with Crippen molar-refractivity contribution in [3.63, 3.8) is 0 Å². The summed E-state index contributed by atoms with van der Waals surface area (Å²) in [4.78, 5) is 24.3. The number of aliphatic carboxylic acids is 2. The summed E-state index contributed by atoms with van der Waals surface area (Å²) in [7, 11) is 0. The average molecular weight is 538 g/mol. The van der Waals surface area contributed by atoms with Crippen LogP contribution >= 0.6 is 0 Å². The molecule has 0 unspecified atom stereocenters. The summed E-state index contributed by atoms with van der Waals surface area (Å²) in [5.41, 5.74) is 1.28. The van der Waals surface area contributed by atoms with Crippen molar-refractivity contribution >= 4 is 11.9 Å². The molecule has 18 heteroatoms. The minimum Gasteiger partial charge on any atom is -0.475 e. The normalized spacial score (nSPS) is 13.8. The van der Waals surface area contributed by atoms with Gasteiger partial charge in [0.2, 0.25) is 0 Å². The summed E-state index contributed by atoms with van der Waals surface area (Å²) >= 11 is 0. The van der Waals surface area contributed by atoms with Gasteiger partial charge in [0.25, 0.3) is 0 Å². The van der Waals surface area contributed by atoms with Gasteiger partial charge in [-0.05, 0) is 24.1 Å². The van der Waals surface area contributed by atoms with E-state index in [4.69, 9.17) is 19.8 Å². The Labute approximate surface area is 204 Å². The molecule has 0 aromatic carbocycles. The third-order valence-electron chi connectivity index (χ3n) is 4.56. The van der Waals surface area contributed by atoms with Gasteiger partial charge in [-0.15, -0.1) is 20.4 Å². The molecule has 202 valence electrons. The maximum Gasteiger partial charge on any atom is 0.490 e. The van der Waals surface area contributed by atoms with Crippen molar-refractivity contribution in [1.29, 1.82) is 0 Å². The van der Waals surface area contributed by atoms with E-state index in [1.165, 1.54) is 5.56 Å². The molecule has 0 radical (unpaired) electrons. The number of nitrogens with zero attached hydrogens (tertiary/aromatic N) is 8. The highest BCUT2D eigenvalue weighted by Crippen LogP contribution is 2.16. The molecule has 1 aliphatic rings. The SMILES string of the molecule is O=C(O)C(F)(F)F.O=C(O)C(F)(F)F.c1cc(CN2CCCn3c(nnc3Cn3cnnc3)C2)ccn1. The number of carboxylic acids is 2. The topological polar surface area (TPSA) is 152 Å². The van der Waals surface area contributed by atoms with Crippen LogP contribution in [0.5, 0.6) is 0 Å². The molecule has 1 aliphatic heterocycles. The largest absolute Gasteiger partial charge is 0.490 e. The van der Waals surface area contributed by atoms with Crippen LogP contribution in [0.4, 0.5) is 26.3 Å². The number of alkyl halides is 6. The molecule has 0 atom stereocenters. The molecule has 0 saturated heterocycles. The molecule has 0 spiro atoms. The highest BCUT2D eigenvalue weighted by atomic mass is 19.4. The van der Waals surface area contributed by atoms with Crippen LogP contribution in [0.1, 0.15) is 23.6 Å². The van der Waals surface area contributed by atoms with Crippen LogP contribution in [0, 0.1) is 0 Å². The van der Waals surface area contributed by atoms with Crippen molar-refractivity contribution in [2.45, 2.75) is 45.0 Å². The van der Waals surface area contributed by atoms with Gasteiger partial charge in [0, 0.05) is 32.0 Å². The molecule has 0 amide bonds. The summed E-state index contributed by atoms with van der Waals surface area (Å²) in [5, 5.41) is 30.7. The molecular formula is C19H20F6N8O4. The molecule has 0 aliphatic carbocycles. The Morgan fingerprint density at radius 1 is 0.865 bits per heavy atom. The van der Waals surface area contributed by atoms with Crippen molar-refractivity contribution in [2.75, 3.05) is 6.54 Å². The number of fused-ring (bicyclic) bond motifs is 1. The number of carboxylic acid groups (broad SMARTS) is 2. The molecule has 3 aromatic rings. The van der Waals surface area contributed by atoms with Gasteiger partial charge in [-0.1, -0.05) is 0 Å². The summed E-state index contributed by atoms with van der Waals surface area (Å²) in [6, 6.07) is 4.13. The van der Waals surface area contributed by atoms with Crippen molar-refractivity contribution in [3.8, 4) is 0 Å². The van der Waals surface area contributed by atoms with Crippen LogP contribution in [0.2, 0.25) is 0 Å². The fourth-order valence-electron chi connectivity index (χ4n) is 2.94. The minimum absolute atomic E-state index is 0.657. The first kappa shape index (κ1) is 29.1. The first-order chi connectivity index (χ1) is 17.3. The van der Waals surface area contributed by atoms with E-state index in [0.29, 0.717) is 6.54 Å². The lowest BCUT2D eigenvalue weighted by Crippen LogP contribution is -2.23. The van der Waals surface area contributed by atoms with Crippen LogP contribution in [-0.4, -0.2) is 80.5 Å². The van der Waals surface area contributed by atoms with Crippen LogP contribution < -0.4 is 0 Å². The van der Waals surface area contributed by atoms with E-state index in [2.05, 4.69) is 47.0 Å². The van der Waals surface area contributed by atoms with Crippen LogP contribution in [0.25, 0.3) is 0 Å². The van der Waals surface area contributed by atoms with Gasteiger partial charge >= 0.3 is 24.3 Å². The Kier molecular flexibility index (Phi) is 10.0. The second-order valence-corrected chi connectivity index (χ2v) is 7.34. The third kappa shape index (κ3) is 9.82. The number of halogens is 6. The zero-order valence-corrected chi connectivity index (χ0v) is 18.8. The molecule has 4 rings (SSSR count). The number of carbonyl (C=O) groups is 2. The molecule has 4 heterocycles. The monoisotopic (exact) mass is 538 g/mol. The van der Waals surface area contributed by atoms with Crippen molar-refractivity contribution in [1.82, 2.24) is 39.4 Å². The molecule has 0 fully saturated rings. The Bertz CT molecular complexity index is 1110. The predicted molar refractivity (Wildman–Crippen MR) is 109 cm³/mol. The summed E-state index contributed by atoms with van der Waals surface area (Å²) < 4.78 is 67.6. The van der Waals surface area contributed by atoms with E-state index in [1.807, 2.05) is 17.0 Å². The smallest absolute Gasteiger partial charge is 0.475 e. The Hall–Kier alpha value is -4.09. The van der Waals surface area contributed by atoms with Gasteiger partial charge in [0.1, 0.15) is 18.5 Å². The third-order valence-corrected chi connectivity index (χ3v) is 4.56. The lowest BCUT2D eigenvalue weighted by atomic mass is 10.2. The molecular weight excluding hydrogens is 518 g/mol. The average Bonchev–Trinajstić information content (AvgIpc) is 3.40. The highest BCUT2D eigenvalue weighted by molar-refractivity contribution is 5.73. The summed E-state index contributed by atoms with van der Waals surface area (Å²) in [6.45, 7) is 4.39. The number of aromatic nitrogens is 7. The van der Waals surface area contributed by atoms with Crippen LogP contribution in [0.15, 0.2) is 37.2 Å². The number of hydrogen-bond donors (Lipinski definition) is 2. The van der Waals surface area contributed by atoms with E-state index >= 15 is 0 Å². The maximum absolute atomic E-state index is 10.6. The number of pyridine rings is 1. The predicted octanol–water partition coefficient (Wildman–Crippen LogP) is 1.99.